The molecule has 2 rings (SSSR count). The minimum absolute atomic E-state index is 0.471. The van der Waals surface area contributed by atoms with Crippen LogP contribution in [0.5, 0.6) is 0 Å². The fourth-order valence-corrected chi connectivity index (χ4v) is 1.72. The molecule has 0 radical (unpaired) electrons. The Balaban J connectivity index is 2.81. The summed E-state index contributed by atoms with van der Waals surface area (Å²) in [7, 11) is 0. The molecule has 78 valence electrons. The summed E-state index contributed by atoms with van der Waals surface area (Å²) in [5.41, 5.74) is 0.462. The molecule has 2 N–H and O–H groups in total. The zero-order chi connectivity index (χ0) is 11.0. The molecule has 1 aromatic carbocycles. The maximum Gasteiger partial charge on any atom is 0.348 e. The minimum Gasteiger partial charge on any atom is -0.247 e. The molecule has 0 aliphatic heterocycles. The van der Waals surface area contributed by atoms with Crippen LogP contribution in [-0.4, -0.2) is 14.8 Å². The van der Waals surface area contributed by atoms with Crippen molar-refractivity contribution in [3.8, 4) is 5.69 Å². The molecule has 0 fully saturated rings. The summed E-state index contributed by atoms with van der Waals surface area (Å²) in [6.45, 7) is 1.83. The van der Waals surface area contributed by atoms with Crippen LogP contribution >= 0.6 is 15.9 Å². The molecule has 2 aromatic rings. The molecule has 0 unspecified atom stereocenters. The summed E-state index contributed by atoms with van der Waals surface area (Å²) in [6.07, 6.45) is 0. The third kappa shape index (κ3) is 1.56. The first kappa shape index (κ1) is 9.97. The average Bonchev–Trinajstić information content (AvgIpc) is 2.52. The van der Waals surface area contributed by atoms with E-state index in [2.05, 4.69) is 26.1 Å². The van der Waals surface area contributed by atoms with Crippen molar-refractivity contribution in [1.29, 1.82) is 0 Å². The Kier molecular flexibility index (Phi) is 2.36. The van der Waals surface area contributed by atoms with Crippen LogP contribution in [0.3, 0.4) is 0 Å². The van der Waals surface area contributed by atoms with Gasteiger partial charge in [-0.3, -0.25) is 0 Å². The van der Waals surface area contributed by atoms with Crippen molar-refractivity contribution in [3.05, 3.63) is 49.2 Å². The third-order valence-corrected chi connectivity index (χ3v) is 3.02. The number of benzene rings is 1. The van der Waals surface area contributed by atoms with Gasteiger partial charge in [-0.25, -0.2) is 24.4 Å². The Morgan fingerprint density at radius 2 is 1.80 bits per heavy atom. The summed E-state index contributed by atoms with van der Waals surface area (Å²) in [4.78, 5) is 22.7. The van der Waals surface area contributed by atoms with Gasteiger partial charge in [-0.15, -0.1) is 0 Å². The average molecular weight is 270 g/mol. The predicted octanol–water partition coefficient (Wildman–Crippen LogP) is 0.925. The molecule has 15 heavy (non-hydrogen) atoms. The summed E-state index contributed by atoms with van der Waals surface area (Å²) in [5, 5.41) is 4.47. The second kappa shape index (κ2) is 3.54. The van der Waals surface area contributed by atoms with Gasteiger partial charge in [0.05, 0.1) is 5.69 Å². The number of rotatable bonds is 1. The highest BCUT2D eigenvalue weighted by Gasteiger charge is 2.09. The van der Waals surface area contributed by atoms with Crippen LogP contribution in [0.25, 0.3) is 5.69 Å². The summed E-state index contributed by atoms with van der Waals surface area (Å²) in [5.74, 6) is 0. The first-order valence-corrected chi connectivity index (χ1v) is 5.06. The van der Waals surface area contributed by atoms with Gasteiger partial charge in [-0.1, -0.05) is 22.0 Å². The van der Waals surface area contributed by atoms with Crippen molar-refractivity contribution in [2.75, 3.05) is 0 Å². The van der Waals surface area contributed by atoms with E-state index >= 15 is 0 Å². The fraction of sp³-hybridized carbons (Fsp3) is 0.111. The van der Waals surface area contributed by atoms with Crippen LogP contribution in [0.1, 0.15) is 5.56 Å². The van der Waals surface area contributed by atoms with Gasteiger partial charge in [-0.05, 0) is 24.6 Å². The normalized spacial score (nSPS) is 10.5. The number of nitrogens with one attached hydrogen (secondary N) is 2. The number of aromatic nitrogens is 3. The molecule has 0 aliphatic rings. The highest BCUT2D eigenvalue weighted by molar-refractivity contribution is 9.10. The molecule has 0 amide bonds. The second-order valence-electron chi connectivity index (χ2n) is 3.08. The molecule has 6 heteroatoms. The van der Waals surface area contributed by atoms with Gasteiger partial charge in [0.1, 0.15) is 0 Å². The monoisotopic (exact) mass is 269 g/mol. The smallest absolute Gasteiger partial charge is 0.247 e. The summed E-state index contributed by atoms with van der Waals surface area (Å²) < 4.78 is 1.91. The standard InChI is InChI=1S/C9H8BrN3O2/c1-5-6(10)3-2-4-7(5)13-8(14)11-12-9(13)15/h2-4H,1H3,(H,11,14)(H,12,15). The van der Waals surface area contributed by atoms with Gasteiger partial charge in [0.25, 0.3) is 0 Å². The van der Waals surface area contributed by atoms with Crippen LogP contribution in [0.2, 0.25) is 0 Å². The van der Waals surface area contributed by atoms with Gasteiger partial charge in [0.2, 0.25) is 0 Å². The fourth-order valence-electron chi connectivity index (χ4n) is 1.37. The van der Waals surface area contributed by atoms with E-state index in [9.17, 15) is 9.59 Å². The van der Waals surface area contributed by atoms with Crippen molar-refractivity contribution in [2.24, 2.45) is 0 Å². The van der Waals surface area contributed by atoms with E-state index in [0.29, 0.717) is 5.69 Å². The zero-order valence-electron chi connectivity index (χ0n) is 7.87. The van der Waals surface area contributed by atoms with E-state index in [4.69, 9.17) is 0 Å². The number of H-pyrrole nitrogens is 2. The molecule has 1 aromatic heterocycles. The van der Waals surface area contributed by atoms with E-state index in [-0.39, 0.29) is 0 Å². The van der Waals surface area contributed by atoms with Gasteiger partial charge in [0, 0.05) is 4.47 Å². The van der Waals surface area contributed by atoms with Crippen molar-refractivity contribution in [3.63, 3.8) is 0 Å². The van der Waals surface area contributed by atoms with E-state index in [0.717, 1.165) is 14.6 Å². The Hall–Kier alpha value is -1.56. The Labute approximate surface area is 92.9 Å². The largest absolute Gasteiger partial charge is 0.348 e. The summed E-state index contributed by atoms with van der Waals surface area (Å²) in [6, 6.07) is 5.33. The van der Waals surface area contributed by atoms with Crippen LogP contribution in [0.4, 0.5) is 0 Å². The quantitative estimate of drug-likeness (QED) is 0.809. The van der Waals surface area contributed by atoms with Crippen molar-refractivity contribution in [2.45, 2.75) is 6.92 Å². The van der Waals surface area contributed by atoms with Crippen LogP contribution in [0, 0.1) is 6.92 Å². The van der Waals surface area contributed by atoms with Crippen LogP contribution < -0.4 is 11.4 Å². The number of aromatic amines is 2. The molecular weight excluding hydrogens is 262 g/mol. The molecular formula is C9H8BrN3O2. The van der Waals surface area contributed by atoms with Gasteiger partial charge in [-0.2, -0.15) is 0 Å². The maximum atomic E-state index is 11.4. The van der Waals surface area contributed by atoms with Crippen molar-refractivity contribution in [1.82, 2.24) is 14.8 Å². The molecule has 0 spiro atoms. The Morgan fingerprint density at radius 3 is 2.40 bits per heavy atom. The van der Waals surface area contributed by atoms with Gasteiger partial charge >= 0.3 is 11.4 Å². The first-order chi connectivity index (χ1) is 7.11. The molecule has 0 atom stereocenters. The Bertz CT molecular complexity index is 581. The lowest BCUT2D eigenvalue weighted by molar-refractivity contribution is 0.939. The second-order valence-corrected chi connectivity index (χ2v) is 3.93. The molecule has 1 heterocycles. The minimum atomic E-state index is -0.471. The van der Waals surface area contributed by atoms with Gasteiger partial charge < -0.3 is 0 Å². The first-order valence-electron chi connectivity index (χ1n) is 4.26. The van der Waals surface area contributed by atoms with E-state index in [1.54, 1.807) is 12.1 Å². The van der Waals surface area contributed by atoms with E-state index in [1.807, 2.05) is 13.0 Å². The van der Waals surface area contributed by atoms with E-state index < -0.39 is 11.4 Å². The highest BCUT2D eigenvalue weighted by Crippen LogP contribution is 2.20. The van der Waals surface area contributed by atoms with Crippen molar-refractivity contribution >= 4 is 15.9 Å². The lowest BCUT2D eigenvalue weighted by Crippen LogP contribution is -2.25. The number of halogens is 1. The topological polar surface area (TPSA) is 70.7 Å². The molecule has 0 bridgehead atoms. The lowest BCUT2D eigenvalue weighted by Gasteiger charge is -2.05. The van der Waals surface area contributed by atoms with Gasteiger partial charge in [0.15, 0.2) is 0 Å². The van der Waals surface area contributed by atoms with Crippen LogP contribution in [-0.2, 0) is 0 Å². The third-order valence-electron chi connectivity index (χ3n) is 2.16. The molecule has 5 nitrogen and oxygen atoms in total. The maximum absolute atomic E-state index is 11.4. The highest BCUT2D eigenvalue weighted by atomic mass is 79.9. The number of hydrogen-bond donors (Lipinski definition) is 2. The van der Waals surface area contributed by atoms with Crippen LogP contribution in [0.15, 0.2) is 32.3 Å². The lowest BCUT2D eigenvalue weighted by atomic mass is 10.2. The SMILES string of the molecule is Cc1c(Br)cccc1-n1c(=O)[nH][nH]c1=O. The molecule has 0 saturated carbocycles. The molecule has 0 aliphatic carbocycles. The summed E-state index contributed by atoms with van der Waals surface area (Å²) >= 11 is 3.34. The zero-order valence-corrected chi connectivity index (χ0v) is 9.46. The Morgan fingerprint density at radius 1 is 1.20 bits per heavy atom. The predicted molar refractivity (Wildman–Crippen MR) is 59.4 cm³/mol. The van der Waals surface area contributed by atoms with E-state index in [1.165, 1.54) is 0 Å². The number of nitrogens with zero attached hydrogens (tertiary/aromatic N) is 1. The van der Waals surface area contributed by atoms with Crippen molar-refractivity contribution < 1.29 is 0 Å². The number of hydrogen-bond acceptors (Lipinski definition) is 2. The molecule has 0 saturated heterocycles.